The standard InChI is InChI=1S/C29H23NO2.C8H10.C7H7N.C6H6.C5H8/c1-29(2)22-9-5-4-7-21(22)26-23(29)15-16-25-28(26)32-24-10-6-8-20(27(24)31-25)19-13-11-18(12-14-19)17-30-3;1-7-5-3-4-6-8(7)2;8-6-7-4-2-1-3-5-7;1-2-4-6-5-3-1;1-3-5-4-2/h4-16H,3,17H2,1-2H3;3-6H,1-2H3;1-6,8H;1-6H;3-5H,1H2,2H3/b;;;;5-4-. The summed E-state index contributed by atoms with van der Waals surface area (Å²) in [6.45, 7) is 18.4. The number of hydrogen-bond donors (Lipinski definition) is 1. The minimum atomic E-state index is -0.0749. The van der Waals surface area contributed by atoms with Crippen LogP contribution >= 0.6 is 0 Å². The minimum Gasteiger partial charge on any atom is -0.449 e. The molecule has 7 aromatic rings. The maximum absolute atomic E-state index is 6.82. The lowest BCUT2D eigenvalue weighted by Crippen LogP contribution is -2.15. The van der Waals surface area contributed by atoms with Gasteiger partial charge in [0.15, 0.2) is 23.0 Å². The second-order valence-electron chi connectivity index (χ2n) is 14.5. The van der Waals surface area contributed by atoms with Crippen LogP contribution in [0.25, 0.3) is 22.3 Å². The average Bonchev–Trinajstić information content (AvgIpc) is 3.52. The summed E-state index contributed by atoms with van der Waals surface area (Å²) in [7, 11) is 0. The van der Waals surface area contributed by atoms with Gasteiger partial charge in [-0.25, -0.2) is 0 Å². The monoisotopic (exact) mass is 774 g/mol. The molecule has 0 saturated heterocycles. The van der Waals surface area contributed by atoms with Gasteiger partial charge >= 0.3 is 0 Å². The molecule has 1 aliphatic carbocycles. The largest absolute Gasteiger partial charge is 0.449 e. The molecule has 9 rings (SSSR count). The van der Waals surface area contributed by atoms with E-state index in [4.69, 9.17) is 14.9 Å². The summed E-state index contributed by atoms with van der Waals surface area (Å²) in [5, 5.41) is 6.82. The van der Waals surface area contributed by atoms with Gasteiger partial charge in [-0.2, -0.15) is 0 Å². The molecule has 0 bridgehead atoms. The summed E-state index contributed by atoms with van der Waals surface area (Å²) in [5.41, 5.74) is 11.8. The molecule has 0 spiro atoms. The molecular formula is C55H54N2O2. The van der Waals surface area contributed by atoms with Gasteiger partial charge in [0.1, 0.15) is 0 Å². The first-order chi connectivity index (χ1) is 28.7. The minimum absolute atomic E-state index is 0.0749. The van der Waals surface area contributed by atoms with Crippen molar-refractivity contribution < 1.29 is 9.47 Å². The first kappa shape index (κ1) is 43.1. The number of hydrogen-bond acceptors (Lipinski definition) is 4. The number of ether oxygens (including phenoxy) is 2. The summed E-state index contributed by atoms with van der Waals surface area (Å²) >= 11 is 0. The topological polar surface area (TPSA) is 54.7 Å². The molecule has 0 unspecified atom stereocenters. The number of rotatable bonds is 5. The third kappa shape index (κ3) is 11.1. The lowest BCUT2D eigenvalue weighted by molar-refractivity contribution is 0.361. The number of nitrogens with zero attached hydrogens (tertiary/aromatic N) is 1. The van der Waals surface area contributed by atoms with E-state index in [-0.39, 0.29) is 5.41 Å². The predicted octanol–water partition coefficient (Wildman–Crippen LogP) is 15.2. The van der Waals surface area contributed by atoms with E-state index < -0.39 is 0 Å². The Bertz CT molecular complexity index is 2420. The lowest BCUT2D eigenvalue weighted by Gasteiger charge is -2.26. The van der Waals surface area contributed by atoms with Crippen LogP contribution in [-0.4, -0.2) is 12.9 Å². The molecule has 4 nitrogen and oxygen atoms in total. The summed E-state index contributed by atoms with van der Waals surface area (Å²) in [6.07, 6.45) is 6.91. The normalized spacial score (nSPS) is 11.7. The number of benzene rings is 7. The predicted molar refractivity (Wildman–Crippen MR) is 251 cm³/mol. The van der Waals surface area contributed by atoms with Gasteiger partial charge in [0.25, 0.3) is 0 Å². The van der Waals surface area contributed by atoms with Gasteiger partial charge < -0.3 is 14.9 Å². The number of allylic oxidation sites excluding steroid dienone is 3. The molecule has 59 heavy (non-hydrogen) atoms. The van der Waals surface area contributed by atoms with Crippen LogP contribution in [0.15, 0.2) is 200 Å². The van der Waals surface area contributed by atoms with Gasteiger partial charge in [-0.05, 0) is 84.1 Å². The molecule has 4 heteroatoms. The molecular weight excluding hydrogens is 721 g/mol. The van der Waals surface area contributed by atoms with Crippen molar-refractivity contribution in [3.63, 3.8) is 0 Å². The van der Waals surface area contributed by atoms with Gasteiger partial charge in [-0.15, -0.1) is 0 Å². The molecule has 0 radical (unpaired) electrons. The number of aliphatic imine (C=N–C) groups is 1. The number of nitrogens with one attached hydrogen (secondary N) is 1. The van der Waals surface area contributed by atoms with E-state index in [0.29, 0.717) is 6.54 Å². The van der Waals surface area contributed by atoms with Crippen LogP contribution in [0.3, 0.4) is 0 Å². The third-order valence-electron chi connectivity index (χ3n) is 10.0. The maximum atomic E-state index is 6.82. The van der Waals surface area contributed by atoms with E-state index in [1.54, 1.807) is 6.08 Å². The summed E-state index contributed by atoms with van der Waals surface area (Å²) in [4.78, 5) is 3.96. The van der Waals surface area contributed by atoms with Gasteiger partial charge in [0.05, 0.1) is 6.54 Å². The summed E-state index contributed by atoms with van der Waals surface area (Å²) in [6, 6.07) is 57.1. The first-order valence-electron chi connectivity index (χ1n) is 19.8. The Labute approximate surface area is 351 Å². The molecule has 0 fully saturated rings. The van der Waals surface area contributed by atoms with Crippen molar-refractivity contribution in [2.24, 2.45) is 4.99 Å². The zero-order valence-electron chi connectivity index (χ0n) is 34.9. The van der Waals surface area contributed by atoms with Crippen LogP contribution in [0.1, 0.15) is 54.2 Å². The Kier molecular flexibility index (Phi) is 15.7. The second kappa shape index (κ2) is 21.5. The maximum Gasteiger partial charge on any atom is 0.178 e. The van der Waals surface area contributed by atoms with E-state index in [0.717, 1.165) is 50.8 Å². The number of fused-ring (bicyclic) bond motifs is 6. The van der Waals surface area contributed by atoms with Gasteiger partial charge in [0, 0.05) is 22.8 Å². The Morgan fingerprint density at radius 2 is 1.14 bits per heavy atom. The van der Waals surface area contributed by atoms with E-state index in [9.17, 15) is 0 Å². The molecule has 0 saturated carbocycles. The van der Waals surface area contributed by atoms with Crippen molar-refractivity contribution >= 4 is 12.9 Å². The summed E-state index contributed by atoms with van der Waals surface area (Å²) in [5.74, 6) is 3.05. The molecule has 7 aromatic carbocycles. The van der Waals surface area contributed by atoms with Crippen molar-refractivity contribution in [3.05, 3.63) is 228 Å². The average molecular weight is 775 g/mol. The number of para-hydroxylation sites is 1. The Morgan fingerprint density at radius 3 is 1.68 bits per heavy atom. The molecule has 1 aliphatic heterocycles. The van der Waals surface area contributed by atoms with Crippen LogP contribution in [0.4, 0.5) is 0 Å². The highest BCUT2D eigenvalue weighted by Crippen LogP contribution is 2.59. The van der Waals surface area contributed by atoms with E-state index >= 15 is 0 Å². The van der Waals surface area contributed by atoms with Crippen LogP contribution in [0, 0.1) is 19.3 Å². The van der Waals surface area contributed by atoms with Crippen molar-refractivity contribution in [1.82, 2.24) is 0 Å². The van der Waals surface area contributed by atoms with Crippen molar-refractivity contribution in [2.75, 3.05) is 0 Å². The first-order valence-corrected chi connectivity index (χ1v) is 19.8. The SMILES string of the molecule is C=C/C=C\C.C=NCc1ccc(-c2cccc3c2Oc2ccc4c(c2O3)-c2ccccc2C4(C)C)cc1.Cc1ccccc1C.N=Cc1ccccc1.c1ccccc1. The molecule has 296 valence electrons. The lowest BCUT2D eigenvalue weighted by atomic mass is 9.82. The second-order valence-corrected chi connectivity index (χ2v) is 14.5. The molecule has 1 heterocycles. The van der Waals surface area contributed by atoms with Gasteiger partial charge in [-0.3, -0.25) is 4.99 Å². The van der Waals surface area contributed by atoms with E-state index in [2.05, 4.69) is 131 Å². The van der Waals surface area contributed by atoms with E-state index in [1.807, 2.05) is 104 Å². The van der Waals surface area contributed by atoms with Crippen LogP contribution in [0.5, 0.6) is 23.0 Å². The third-order valence-corrected chi connectivity index (χ3v) is 10.0. The van der Waals surface area contributed by atoms with Crippen molar-refractivity contribution in [1.29, 1.82) is 5.41 Å². The fraction of sp³-hybridized carbons (Fsp3) is 0.127. The fourth-order valence-electron chi connectivity index (χ4n) is 6.73. The molecule has 0 amide bonds. The van der Waals surface area contributed by atoms with Crippen molar-refractivity contribution in [2.45, 2.75) is 46.6 Å². The zero-order valence-corrected chi connectivity index (χ0v) is 34.9. The highest BCUT2D eigenvalue weighted by molar-refractivity contribution is 5.88. The highest BCUT2D eigenvalue weighted by Gasteiger charge is 2.39. The van der Waals surface area contributed by atoms with Crippen LogP contribution < -0.4 is 9.47 Å². The number of aryl methyl sites for hydroxylation is 2. The highest BCUT2D eigenvalue weighted by atomic mass is 16.6. The smallest absolute Gasteiger partial charge is 0.178 e. The molecule has 2 aliphatic rings. The van der Waals surface area contributed by atoms with E-state index in [1.165, 1.54) is 34.0 Å². The zero-order chi connectivity index (χ0) is 42.0. The Morgan fingerprint density at radius 1 is 0.593 bits per heavy atom. The Balaban J connectivity index is 0.000000196. The van der Waals surface area contributed by atoms with Crippen LogP contribution in [-0.2, 0) is 12.0 Å². The molecule has 0 atom stereocenters. The quantitative estimate of drug-likeness (QED) is 0.140. The fourth-order valence-corrected chi connectivity index (χ4v) is 6.73. The van der Waals surface area contributed by atoms with Crippen molar-refractivity contribution in [3.8, 4) is 45.3 Å². The van der Waals surface area contributed by atoms with Gasteiger partial charge in [0.2, 0.25) is 0 Å². The van der Waals surface area contributed by atoms with Crippen LogP contribution in [0.2, 0.25) is 0 Å². The molecule has 1 N–H and O–H groups in total. The summed E-state index contributed by atoms with van der Waals surface area (Å²) < 4.78 is 13.0. The van der Waals surface area contributed by atoms with Gasteiger partial charge in [-0.1, -0.05) is 196 Å². The molecule has 0 aromatic heterocycles. The Hall–Kier alpha value is -7.04.